The van der Waals surface area contributed by atoms with E-state index in [4.69, 9.17) is 5.73 Å². The Kier molecular flexibility index (Phi) is 5.76. The molecule has 0 aromatic heterocycles. The van der Waals surface area contributed by atoms with Gasteiger partial charge in [-0.15, -0.1) is 0 Å². The molecule has 1 aromatic rings. The van der Waals surface area contributed by atoms with Gasteiger partial charge in [0.25, 0.3) is 0 Å². The van der Waals surface area contributed by atoms with Crippen molar-refractivity contribution in [2.24, 2.45) is 11.7 Å². The Labute approximate surface area is 127 Å². The van der Waals surface area contributed by atoms with Gasteiger partial charge in [0.15, 0.2) is 0 Å². The third-order valence-electron chi connectivity index (χ3n) is 4.17. The lowest BCUT2D eigenvalue weighted by atomic mass is 10.1. The first-order valence-corrected chi connectivity index (χ1v) is 7.79. The molecule has 1 aliphatic rings. The predicted molar refractivity (Wildman–Crippen MR) is 85.7 cm³/mol. The van der Waals surface area contributed by atoms with Crippen LogP contribution in [0.2, 0.25) is 0 Å². The van der Waals surface area contributed by atoms with Gasteiger partial charge in [-0.25, -0.2) is 0 Å². The standard InChI is InChI=1S/C17H27N3O/c1-19(2)10-11-20(13-14-6-4-3-5-7-14)17(21)15-8-9-16(18)12-15/h3-7,15-16H,8-13,18H2,1-2H3. The molecule has 0 heterocycles. The van der Waals surface area contributed by atoms with E-state index in [0.29, 0.717) is 6.54 Å². The van der Waals surface area contributed by atoms with Crippen molar-refractivity contribution in [3.63, 3.8) is 0 Å². The third-order valence-corrected chi connectivity index (χ3v) is 4.17. The molecule has 21 heavy (non-hydrogen) atoms. The van der Waals surface area contributed by atoms with Crippen molar-refractivity contribution in [1.82, 2.24) is 9.80 Å². The number of amides is 1. The average molecular weight is 289 g/mol. The van der Waals surface area contributed by atoms with Gasteiger partial charge in [-0.05, 0) is 38.9 Å². The second-order valence-corrected chi connectivity index (χ2v) is 6.32. The maximum atomic E-state index is 12.8. The summed E-state index contributed by atoms with van der Waals surface area (Å²) in [5.41, 5.74) is 7.15. The summed E-state index contributed by atoms with van der Waals surface area (Å²) in [6, 6.07) is 10.4. The average Bonchev–Trinajstić information content (AvgIpc) is 2.90. The Balaban J connectivity index is 2.02. The normalized spacial score (nSPS) is 21.7. The molecule has 1 aliphatic carbocycles. The van der Waals surface area contributed by atoms with Crippen molar-refractivity contribution in [3.05, 3.63) is 35.9 Å². The van der Waals surface area contributed by atoms with E-state index in [9.17, 15) is 4.79 Å². The highest BCUT2D eigenvalue weighted by Crippen LogP contribution is 2.26. The van der Waals surface area contributed by atoms with Crippen LogP contribution >= 0.6 is 0 Å². The molecule has 2 N–H and O–H groups in total. The Morgan fingerprint density at radius 1 is 1.19 bits per heavy atom. The van der Waals surface area contributed by atoms with Gasteiger partial charge in [0, 0.05) is 31.6 Å². The molecule has 116 valence electrons. The third kappa shape index (κ3) is 4.83. The molecule has 2 atom stereocenters. The van der Waals surface area contributed by atoms with Crippen molar-refractivity contribution in [2.45, 2.75) is 31.8 Å². The molecule has 0 saturated heterocycles. The maximum Gasteiger partial charge on any atom is 0.226 e. The van der Waals surface area contributed by atoms with Crippen molar-refractivity contribution in [3.8, 4) is 0 Å². The number of rotatable bonds is 6. The van der Waals surface area contributed by atoms with Gasteiger partial charge in [-0.2, -0.15) is 0 Å². The zero-order chi connectivity index (χ0) is 15.2. The molecule has 0 spiro atoms. The van der Waals surface area contributed by atoms with Crippen LogP contribution in [-0.2, 0) is 11.3 Å². The topological polar surface area (TPSA) is 49.6 Å². The van der Waals surface area contributed by atoms with Crippen LogP contribution < -0.4 is 5.73 Å². The van der Waals surface area contributed by atoms with Crippen LogP contribution in [0.3, 0.4) is 0 Å². The molecule has 1 amide bonds. The summed E-state index contributed by atoms with van der Waals surface area (Å²) >= 11 is 0. The first-order chi connectivity index (χ1) is 10.1. The number of likely N-dealkylation sites (N-methyl/N-ethyl adjacent to an activating group) is 1. The molecular weight excluding hydrogens is 262 g/mol. The maximum absolute atomic E-state index is 12.8. The van der Waals surface area contributed by atoms with Crippen molar-refractivity contribution < 1.29 is 4.79 Å². The highest BCUT2D eigenvalue weighted by molar-refractivity contribution is 5.79. The molecule has 2 unspecified atom stereocenters. The number of hydrogen-bond acceptors (Lipinski definition) is 3. The molecule has 0 radical (unpaired) electrons. The van der Waals surface area contributed by atoms with Crippen LogP contribution in [0.5, 0.6) is 0 Å². The van der Waals surface area contributed by atoms with E-state index in [1.807, 2.05) is 37.2 Å². The second kappa shape index (κ2) is 7.57. The van der Waals surface area contributed by atoms with E-state index in [1.165, 1.54) is 5.56 Å². The van der Waals surface area contributed by atoms with Gasteiger partial charge in [0.1, 0.15) is 0 Å². The minimum absolute atomic E-state index is 0.117. The van der Waals surface area contributed by atoms with Crippen molar-refractivity contribution in [1.29, 1.82) is 0 Å². The molecule has 0 bridgehead atoms. The smallest absolute Gasteiger partial charge is 0.226 e. The highest BCUT2D eigenvalue weighted by Gasteiger charge is 2.30. The lowest BCUT2D eigenvalue weighted by molar-refractivity contribution is -0.136. The summed E-state index contributed by atoms with van der Waals surface area (Å²) in [6.07, 6.45) is 2.75. The summed E-state index contributed by atoms with van der Waals surface area (Å²) < 4.78 is 0. The number of carbonyl (C=O) groups excluding carboxylic acids is 1. The van der Waals surface area contributed by atoms with Crippen LogP contribution in [-0.4, -0.2) is 48.9 Å². The molecule has 1 fully saturated rings. The first-order valence-electron chi connectivity index (χ1n) is 7.79. The lowest BCUT2D eigenvalue weighted by Gasteiger charge is -2.27. The van der Waals surface area contributed by atoms with Gasteiger partial charge in [-0.3, -0.25) is 4.79 Å². The van der Waals surface area contributed by atoms with Crippen LogP contribution in [0.25, 0.3) is 0 Å². The fourth-order valence-corrected chi connectivity index (χ4v) is 2.89. The minimum Gasteiger partial charge on any atom is -0.337 e. The monoisotopic (exact) mass is 289 g/mol. The molecule has 1 aromatic carbocycles. The first kappa shape index (κ1) is 16.0. The van der Waals surface area contributed by atoms with E-state index >= 15 is 0 Å². The van der Waals surface area contributed by atoms with Crippen molar-refractivity contribution in [2.75, 3.05) is 27.2 Å². The summed E-state index contributed by atoms with van der Waals surface area (Å²) in [7, 11) is 4.08. The zero-order valence-electron chi connectivity index (χ0n) is 13.2. The van der Waals surface area contributed by atoms with E-state index in [2.05, 4.69) is 17.0 Å². The largest absolute Gasteiger partial charge is 0.337 e. The van der Waals surface area contributed by atoms with Crippen LogP contribution in [0.15, 0.2) is 30.3 Å². The molecule has 0 aliphatic heterocycles. The molecule has 4 nitrogen and oxygen atoms in total. The van der Waals surface area contributed by atoms with Crippen LogP contribution in [0, 0.1) is 5.92 Å². The molecule has 1 saturated carbocycles. The summed E-state index contributed by atoms with van der Waals surface area (Å²) in [5, 5.41) is 0. The van der Waals surface area contributed by atoms with E-state index < -0.39 is 0 Å². The zero-order valence-corrected chi connectivity index (χ0v) is 13.2. The molecule has 4 heteroatoms. The Hall–Kier alpha value is -1.39. The van der Waals surface area contributed by atoms with Gasteiger partial charge >= 0.3 is 0 Å². The lowest BCUT2D eigenvalue weighted by Crippen LogP contribution is -2.39. The quantitative estimate of drug-likeness (QED) is 0.867. The van der Waals surface area contributed by atoms with Crippen LogP contribution in [0.4, 0.5) is 0 Å². The Bertz CT molecular complexity index is 447. The van der Waals surface area contributed by atoms with Crippen molar-refractivity contribution >= 4 is 5.91 Å². The molecular formula is C17H27N3O. The van der Waals surface area contributed by atoms with E-state index in [0.717, 1.165) is 32.4 Å². The Morgan fingerprint density at radius 2 is 1.90 bits per heavy atom. The van der Waals surface area contributed by atoms with E-state index in [1.54, 1.807) is 0 Å². The number of carbonyl (C=O) groups is 1. The minimum atomic E-state index is 0.117. The fraction of sp³-hybridized carbons (Fsp3) is 0.588. The second-order valence-electron chi connectivity index (χ2n) is 6.32. The number of hydrogen-bond donors (Lipinski definition) is 1. The SMILES string of the molecule is CN(C)CCN(Cc1ccccc1)C(=O)C1CCC(N)C1. The summed E-state index contributed by atoms with van der Waals surface area (Å²) in [6.45, 7) is 2.35. The number of nitrogens with two attached hydrogens (primary N) is 1. The highest BCUT2D eigenvalue weighted by atomic mass is 16.2. The van der Waals surface area contributed by atoms with Gasteiger partial charge in [-0.1, -0.05) is 30.3 Å². The van der Waals surface area contributed by atoms with E-state index in [-0.39, 0.29) is 17.9 Å². The number of benzene rings is 1. The molecule has 2 rings (SSSR count). The predicted octanol–water partition coefficient (Wildman–Crippen LogP) is 1.70. The fourth-order valence-electron chi connectivity index (χ4n) is 2.89. The Morgan fingerprint density at radius 3 is 2.48 bits per heavy atom. The van der Waals surface area contributed by atoms with Gasteiger partial charge < -0.3 is 15.5 Å². The summed E-state index contributed by atoms with van der Waals surface area (Å²) in [5.74, 6) is 0.388. The van der Waals surface area contributed by atoms with Gasteiger partial charge in [0.05, 0.1) is 0 Å². The summed E-state index contributed by atoms with van der Waals surface area (Å²) in [4.78, 5) is 16.9. The van der Waals surface area contributed by atoms with Gasteiger partial charge in [0.2, 0.25) is 5.91 Å². The van der Waals surface area contributed by atoms with Crippen LogP contribution in [0.1, 0.15) is 24.8 Å². The number of nitrogens with zero attached hydrogens (tertiary/aromatic N) is 2.